The van der Waals surface area contributed by atoms with E-state index in [1.165, 1.54) is 11.1 Å². The Hall–Kier alpha value is -2.10. The highest BCUT2D eigenvalue weighted by Gasteiger charge is 2.01. The fraction of sp³-hybridized carbons (Fsp3) is 0.333. The third kappa shape index (κ3) is 3.68. The Labute approximate surface area is 114 Å². The van der Waals surface area contributed by atoms with E-state index in [-0.39, 0.29) is 0 Å². The van der Waals surface area contributed by atoms with Crippen molar-refractivity contribution in [3.05, 3.63) is 47.2 Å². The summed E-state index contributed by atoms with van der Waals surface area (Å²) in [6.07, 6.45) is 0. The Morgan fingerprint density at radius 2 is 1.84 bits per heavy atom. The summed E-state index contributed by atoms with van der Waals surface area (Å²) in [4.78, 5) is 8.20. The van der Waals surface area contributed by atoms with E-state index < -0.39 is 0 Å². The number of nitrogens with one attached hydrogen (secondary N) is 1. The van der Waals surface area contributed by atoms with E-state index >= 15 is 0 Å². The number of nitrogen functional groups attached to an aromatic ring is 1. The Bertz CT molecular complexity index is 526. The molecule has 0 spiro atoms. The molecule has 0 atom stereocenters. The van der Waals surface area contributed by atoms with Crippen molar-refractivity contribution in [1.82, 2.24) is 9.97 Å². The maximum Gasteiger partial charge on any atom is 0.222 e. The van der Waals surface area contributed by atoms with Gasteiger partial charge in [0, 0.05) is 18.3 Å². The lowest BCUT2D eigenvalue weighted by Gasteiger charge is -2.09. The second-order valence-corrected chi connectivity index (χ2v) is 5.00. The summed E-state index contributed by atoms with van der Waals surface area (Å²) < 4.78 is 0. The van der Waals surface area contributed by atoms with Crippen molar-refractivity contribution >= 4 is 11.8 Å². The molecule has 4 heteroatoms. The fourth-order valence-corrected chi connectivity index (χ4v) is 1.90. The molecule has 0 aliphatic carbocycles. The van der Waals surface area contributed by atoms with Crippen LogP contribution < -0.4 is 11.1 Å². The number of rotatable bonds is 4. The largest absolute Gasteiger partial charge is 0.368 e. The number of benzene rings is 1. The van der Waals surface area contributed by atoms with Gasteiger partial charge < -0.3 is 11.1 Å². The smallest absolute Gasteiger partial charge is 0.222 e. The first kappa shape index (κ1) is 13.3. The molecule has 3 N–H and O–H groups in total. The van der Waals surface area contributed by atoms with Crippen LogP contribution in [0, 0.1) is 6.92 Å². The zero-order valence-electron chi connectivity index (χ0n) is 11.6. The van der Waals surface area contributed by atoms with E-state index in [0.717, 1.165) is 18.1 Å². The minimum atomic E-state index is 0.303. The van der Waals surface area contributed by atoms with Gasteiger partial charge in [-0.05, 0) is 24.0 Å². The molecular formula is C15H20N4. The minimum Gasteiger partial charge on any atom is -0.368 e. The monoisotopic (exact) mass is 256 g/mol. The van der Waals surface area contributed by atoms with Crippen LogP contribution in [-0.2, 0) is 6.54 Å². The van der Waals surface area contributed by atoms with Gasteiger partial charge >= 0.3 is 0 Å². The number of nitrogens with zero attached hydrogens (tertiary/aromatic N) is 2. The average molecular weight is 256 g/mol. The Morgan fingerprint density at radius 1 is 1.16 bits per heavy atom. The number of nitrogens with two attached hydrogens (primary N) is 1. The summed E-state index contributed by atoms with van der Waals surface area (Å²) in [5, 5.41) is 3.26. The molecule has 19 heavy (non-hydrogen) atoms. The van der Waals surface area contributed by atoms with Crippen molar-refractivity contribution in [2.75, 3.05) is 11.1 Å². The van der Waals surface area contributed by atoms with Crippen LogP contribution in [0.15, 0.2) is 30.3 Å². The summed E-state index contributed by atoms with van der Waals surface area (Å²) >= 11 is 0. The molecule has 4 nitrogen and oxygen atoms in total. The first-order valence-corrected chi connectivity index (χ1v) is 6.48. The van der Waals surface area contributed by atoms with Crippen LogP contribution in [-0.4, -0.2) is 9.97 Å². The molecule has 0 unspecified atom stereocenters. The van der Waals surface area contributed by atoms with E-state index in [4.69, 9.17) is 5.73 Å². The summed E-state index contributed by atoms with van der Waals surface area (Å²) in [5.41, 5.74) is 9.06. The third-order valence-corrected chi connectivity index (χ3v) is 2.99. The third-order valence-electron chi connectivity index (χ3n) is 2.99. The zero-order valence-corrected chi connectivity index (χ0v) is 11.6. The molecule has 0 aliphatic rings. The van der Waals surface area contributed by atoms with Gasteiger partial charge in [0.2, 0.25) is 5.95 Å². The van der Waals surface area contributed by atoms with Crippen LogP contribution in [0.1, 0.15) is 36.6 Å². The lowest BCUT2D eigenvalue weighted by Crippen LogP contribution is -2.05. The molecule has 0 fully saturated rings. The predicted molar refractivity (Wildman–Crippen MR) is 79.0 cm³/mol. The summed E-state index contributed by atoms with van der Waals surface area (Å²) in [6, 6.07) is 10.5. The van der Waals surface area contributed by atoms with Crippen LogP contribution in [0.2, 0.25) is 0 Å². The average Bonchev–Trinajstić information content (AvgIpc) is 2.36. The highest BCUT2D eigenvalue weighted by atomic mass is 15.1. The lowest BCUT2D eigenvalue weighted by atomic mass is 10.0. The number of aryl methyl sites for hydroxylation is 1. The highest BCUT2D eigenvalue weighted by molar-refractivity contribution is 5.41. The number of anilines is 2. The number of aromatic nitrogens is 2. The molecule has 1 heterocycles. The van der Waals surface area contributed by atoms with Crippen LogP contribution in [0.25, 0.3) is 0 Å². The standard InChI is InChI=1S/C15H20N4/c1-10(2)13-6-4-12(5-7-13)9-17-14-8-11(3)18-15(16)19-14/h4-8,10H,9H2,1-3H3,(H3,16,17,18,19). The van der Waals surface area contributed by atoms with Gasteiger partial charge in [-0.3, -0.25) is 0 Å². The Balaban J connectivity index is 2.02. The van der Waals surface area contributed by atoms with Gasteiger partial charge in [-0.1, -0.05) is 38.1 Å². The molecule has 0 saturated heterocycles. The molecule has 0 bridgehead atoms. The van der Waals surface area contributed by atoms with Gasteiger partial charge in [-0.15, -0.1) is 0 Å². The van der Waals surface area contributed by atoms with Crippen molar-refractivity contribution in [3.63, 3.8) is 0 Å². The van der Waals surface area contributed by atoms with Gasteiger partial charge in [-0.2, -0.15) is 4.98 Å². The molecule has 0 radical (unpaired) electrons. The number of hydrogen-bond acceptors (Lipinski definition) is 4. The van der Waals surface area contributed by atoms with Crippen molar-refractivity contribution in [1.29, 1.82) is 0 Å². The molecule has 1 aromatic carbocycles. The molecule has 100 valence electrons. The summed E-state index contributed by atoms with van der Waals surface area (Å²) in [5.74, 6) is 1.63. The highest BCUT2D eigenvalue weighted by Crippen LogP contribution is 2.15. The van der Waals surface area contributed by atoms with Crippen molar-refractivity contribution < 1.29 is 0 Å². The van der Waals surface area contributed by atoms with Crippen LogP contribution >= 0.6 is 0 Å². The molecule has 0 saturated carbocycles. The van der Waals surface area contributed by atoms with E-state index in [1.807, 2.05) is 13.0 Å². The maximum absolute atomic E-state index is 5.62. The van der Waals surface area contributed by atoms with Crippen LogP contribution in [0.5, 0.6) is 0 Å². The maximum atomic E-state index is 5.62. The van der Waals surface area contributed by atoms with Crippen LogP contribution in [0.4, 0.5) is 11.8 Å². The van der Waals surface area contributed by atoms with E-state index in [1.54, 1.807) is 0 Å². The van der Waals surface area contributed by atoms with Gasteiger partial charge in [0.25, 0.3) is 0 Å². The van der Waals surface area contributed by atoms with Gasteiger partial charge in [-0.25, -0.2) is 4.98 Å². The number of hydrogen-bond donors (Lipinski definition) is 2. The Morgan fingerprint density at radius 3 is 2.42 bits per heavy atom. The van der Waals surface area contributed by atoms with Crippen molar-refractivity contribution in [2.45, 2.75) is 33.2 Å². The molecule has 0 amide bonds. The van der Waals surface area contributed by atoms with Crippen LogP contribution in [0.3, 0.4) is 0 Å². The van der Waals surface area contributed by atoms with Gasteiger partial charge in [0.1, 0.15) is 5.82 Å². The lowest BCUT2D eigenvalue weighted by molar-refractivity contribution is 0.865. The first-order valence-electron chi connectivity index (χ1n) is 6.48. The molecule has 0 aliphatic heterocycles. The van der Waals surface area contributed by atoms with Gasteiger partial charge in [0.05, 0.1) is 0 Å². The normalized spacial score (nSPS) is 10.7. The zero-order chi connectivity index (χ0) is 13.8. The summed E-state index contributed by atoms with van der Waals surface area (Å²) in [7, 11) is 0. The summed E-state index contributed by atoms with van der Waals surface area (Å²) in [6.45, 7) is 7.02. The van der Waals surface area contributed by atoms with Crippen molar-refractivity contribution in [3.8, 4) is 0 Å². The predicted octanol–water partition coefficient (Wildman–Crippen LogP) is 3.10. The topological polar surface area (TPSA) is 63.8 Å². The molecular weight excluding hydrogens is 236 g/mol. The molecule has 2 rings (SSSR count). The van der Waals surface area contributed by atoms with Gasteiger partial charge in [0.15, 0.2) is 0 Å². The Kier molecular flexibility index (Phi) is 4.00. The quantitative estimate of drug-likeness (QED) is 0.882. The van der Waals surface area contributed by atoms with E-state index in [9.17, 15) is 0 Å². The minimum absolute atomic E-state index is 0.303. The van der Waals surface area contributed by atoms with Crippen molar-refractivity contribution in [2.24, 2.45) is 0 Å². The van der Waals surface area contributed by atoms with E-state index in [0.29, 0.717) is 11.9 Å². The molecule has 2 aromatic rings. The molecule has 1 aromatic heterocycles. The first-order chi connectivity index (χ1) is 9.04. The van der Waals surface area contributed by atoms with E-state index in [2.05, 4.69) is 53.4 Å². The fourth-order valence-electron chi connectivity index (χ4n) is 1.90. The SMILES string of the molecule is Cc1cc(NCc2ccc(C(C)C)cc2)nc(N)n1. The second kappa shape index (κ2) is 5.69. The second-order valence-electron chi connectivity index (χ2n) is 5.00.